The fourth-order valence-corrected chi connectivity index (χ4v) is 3.29. The monoisotopic (exact) mass is 314 g/mol. The fraction of sp³-hybridized carbons (Fsp3) is 0.571. The highest BCUT2D eigenvalue weighted by Crippen LogP contribution is 2.32. The summed E-state index contributed by atoms with van der Waals surface area (Å²) in [5.41, 5.74) is 0.934. The van der Waals surface area contributed by atoms with Crippen LogP contribution in [0.3, 0.4) is 0 Å². The maximum atomic E-state index is 11.8. The molecular weight excluding hydrogens is 292 g/mol. The summed E-state index contributed by atoms with van der Waals surface area (Å²) in [6.45, 7) is 4.55. The van der Waals surface area contributed by atoms with Gasteiger partial charge in [0, 0.05) is 50.6 Å². The van der Waals surface area contributed by atoms with Gasteiger partial charge in [-0.2, -0.15) is 0 Å². The van der Waals surface area contributed by atoms with Crippen molar-refractivity contribution in [3.63, 3.8) is 0 Å². The zero-order chi connectivity index (χ0) is 15.5. The summed E-state index contributed by atoms with van der Waals surface area (Å²) >= 11 is 0. The van der Waals surface area contributed by atoms with Crippen molar-refractivity contribution in [2.75, 3.05) is 46.7 Å². The standard InChI is InChI=1S/C14H22N2O4S/c1-19-12-9-14(21(3,17)18)13(20-2)8-11(12)10-16-6-4-15-5-7-16/h8-9,15H,4-7,10H2,1-3H3. The number of rotatable bonds is 5. The summed E-state index contributed by atoms with van der Waals surface area (Å²) < 4.78 is 34.3. The van der Waals surface area contributed by atoms with Crippen molar-refractivity contribution >= 4 is 9.84 Å². The van der Waals surface area contributed by atoms with Crippen molar-refractivity contribution in [1.29, 1.82) is 0 Å². The number of sulfone groups is 1. The molecule has 7 heteroatoms. The quantitative estimate of drug-likeness (QED) is 0.854. The van der Waals surface area contributed by atoms with Crippen molar-refractivity contribution < 1.29 is 17.9 Å². The molecule has 1 fully saturated rings. The molecule has 0 bridgehead atoms. The third-order valence-corrected chi connectivity index (χ3v) is 4.69. The third-order valence-electron chi connectivity index (χ3n) is 3.57. The van der Waals surface area contributed by atoms with Crippen molar-refractivity contribution in [2.45, 2.75) is 11.4 Å². The molecule has 21 heavy (non-hydrogen) atoms. The first-order chi connectivity index (χ1) is 9.95. The van der Waals surface area contributed by atoms with Gasteiger partial charge in [0.25, 0.3) is 0 Å². The van der Waals surface area contributed by atoms with E-state index in [2.05, 4.69) is 10.2 Å². The Kier molecular flexibility index (Phi) is 5.08. The normalized spacial score (nSPS) is 16.7. The van der Waals surface area contributed by atoms with E-state index in [1.54, 1.807) is 19.2 Å². The number of nitrogens with one attached hydrogen (secondary N) is 1. The van der Waals surface area contributed by atoms with Crippen molar-refractivity contribution in [3.05, 3.63) is 17.7 Å². The minimum atomic E-state index is -3.36. The van der Waals surface area contributed by atoms with Crippen LogP contribution in [0.1, 0.15) is 5.56 Å². The Morgan fingerprint density at radius 2 is 1.76 bits per heavy atom. The van der Waals surface area contributed by atoms with E-state index in [4.69, 9.17) is 9.47 Å². The molecular formula is C14H22N2O4S. The van der Waals surface area contributed by atoms with Gasteiger partial charge in [-0.15, -0.1) is 0 Å². The smallest absolute Gasteiger partial charge is 0.179 e. The molecule has 0 radical (unpaired) electrons. The SMILES string of the molecule is COc1cc(S(C)(=O)=O)c(OC)cc1CN1CCNCC1. The molecule has 1 N–H and O–H groups in total. The Morgan fingerprint density at radius 3 is 2.29 bits per heavy atom. The van der Waals surface area contributed by atoms with E-state index in [0.717, 1.165) is 31.7 Å². The minimum absolute atomic E-state index is 0.158. The second-order valence-corrected chi connectivity index (χ2v) is 7.10. The second-order valence-electron chi connectivity index (χ2n) is 5.11. The molecule has 0 atom stereocenters. The van der Waals surface area contributed by atoms with Gasteiger partial charge in [-0.1, -0.05) is 0 Å². The Morgan fingerprint density at radius 1 is 1.14 bits per heavy atom. The van der Waals surface area contributed by atoms with Gasteiger partial charge < -0.3 is 14.8 Å². The van der Waals surface area contributed by atoms with E-state index >= 15 is 0 Å². The maximum Gasteiger partial charge on any atom is 0.179 e. The molecule has 118 valence electrons. The van der Waals surface area contributed by atoms with Crippen LogP contribution in [0.25, 0.3) is 0 Å². The minimum Gasteiger partial charge on any atom is -0.496 e. The lowest BCUT2D eigenvalue weighted by Crippen LogP contribution is -2.42. The van der Waals surface area contributed by atoms with Gasteiger partial charge in [0.15, 0.2) is 9.84 Å². The summed E-state index contributed by atoms with van der Waals surface area (Å²) in [7, 11) is -0.329. The summed E-state index contributed by atoms with van der Waals surface area (Å²) in [5.74, 6) is 0.943. The molecule has 0 aliphatic carbocycles. The molecule has 0 spiro atoms. The highest BCUT2D eigenvalue weighted by Gasteiger charge is 2.20. The molecule has 1 aromatic rings. The molecule has 0 amide bonds. The number of ether oxygens (including phenoxy) is 2. The third kappa shape index (κ3) is 3.87. The van der Waals surface area contributed by atoms with Crippen LogP contribution in [0.2, 0.25) is 0 Å². The first-order valence-electron chi connectivity index (χ1n) is 6.83. The van der Waals surface area contributed by atoms with Gasteiger partial charge in [0.05, 0.1) is 14.2 Å². The predicted molar refractivity (Wildman–Crippen MR) is 80.8 cm³/mol. The van der Waals surface area contributed by atoms with E-state index in [0.29, 0.717) is 18.0 Å². The van der Waals surface area contributed by atoms with Gasteiger partial charge in [-0.25, -0.2) is 8.42 Å². The molecule has 0 aromatic heterocycles. The van der Waals surface area contributed by atoms with Gasteiger partial charge >= 0.3 is 0 Å². The topological polar surface area (TPSA) is 67.9 Å². The lowest BCUT2D eigenvalue weighted by Gasteiger charge is -2.28. The molecule has 2 rings (SSSR count). The van der Waals surface area contributed by atoms with Crippen molar-refractivity contribution in [2.24, 2.45) is 0 Å². The average molecular weight is 314 g/mol. The van der Waals surface area contributed by atoms with Crippen LogP contribution >= 0.6 is 0 Å². The van der Waals surface area contributed by atoms with Crippen LogP contribution in [0, 0.1) is 0 Å². The van der Waals surface area contributed by atoms with Gasteiger partial charge in [-0.05, 0) is 6.07 Å². The molecule has 1 aromatic carbocycles. The second kappa shape index (κ2) is 6.64. The Hall–Kier alpha value is -1.31. The lowest BCUT2D eigenvalue weighted by atomic mass is 10.1. The number of hydrogen-bond acceptors (Lipinski definition) is 6. The van der Waals surface area contributed by atoms with Crippen LogP contribution < -0.4 is 14.8 Å². The van der Waals surface area contributed by atoms with Crippen LogP contribution in [0.4, 0.5) is 0 Å². The molecule has 1 saturated heterocycles. The van der Waals surface area contributed by atoms with Crippen LogP contribution in [0.5, 0.6) is 11.5 Å². The number of hydrogen-bond donors (Lipinski definition) is 1. The summed E-state index contributed by atoms with van der Waals surface area (Å²) in [6.07, 6.45) is 1.17. The summed E-state index contributed by atoms with van der Waals surface area (Å²) in [5, 5.41) is 3.30. The first kappa shape index (κ1) is 16.1. The molecule has 0 saturated carbocycles. The zero-order valence-electron chi connectivity index (χ0n) is 12.7. The predicted octanol–water partition coefficient (Wildman–Crippen LogP) is 0.513. The van der Waals surface area contributed by atoms with Gasteiger partial charge in [0.2, 0.25) is 0 Å². The number of nitrogens with zero attached hydrogens (tertiary/aromatic N) is 1. The van der Waals surface area contributed by atoms with Crippen LogP contribution in [0.15, 0.2) is 17.0 Å². The largest absolute Gasteiger partial charge is 0.496 e. The summed E-state index contributed by atoms with van der Waals surface area (Å²) in [4.78, 5) is 2.46. The molecule has 1 aliphatic heterocycles. The lowest BCUT2D eigenvalue weighted by molar-refractivity contribution is 0.229. The maximum absolute atomic E-state index is 11.8. The number of benzene rings is 1. The highest BCUT2D eigenvalue weighted by molar-refractivity contribution is 7.90. The fourth-order valence-electron chi connectivity index (χ4n) is 2.46. The number of methoxy groups -OCH3 is 2. The van der Waals surface area contributed by atoms with E-state index in [1.165, 1.54) is 13.4 Å². The van der Waals surface area contributed by atoms with Crippen molar-refractivity contribution in [3.8, 4) is 11.5 Å². The van der Waals surface area contributed by atoms with Crippen LogP contribution in [-0.2, 0) is 16.4 Å². The number of piperazine rings is 1. The van der Waals surface area contributed by atoms with E-state index in [1.807, 2.05) is 0 Å². The zero-order valence-corrected chi connectivity index (χ0v) is 13.5. The average Bonchev–Trinajstić information content (AvgIpc) is 2.46. The van der Waals surface area contributed by atoms with Gasteiger partial charge in [0.1, 0.15) is 16.4 Å². The van der Waals surface area contributed by atoms with E-state index < -0.39 is 9.84 Å². The van der Waals surface area contributed by atoms with Gasteiger partial charge in [-0.3, -0.25) is 4.90 Å². The molecule has 6 nitrogen and oxygen atoms in total. The highest BCUT2D eigenvalue weighted by atomic mass is 32.2. The van der Waals surface area contributed by atoms with E-state index in [-0.39, 0.29) is 4.90 Å². The van der Waals surface area contributed by atoms with Crippen LogP contribution in [-0.4, -0.2) is 60.0 Å². The molecule has 1 aliphatic rings. The Balaban J connectivity index is 2.36. The molecule has 0 unspecified atom stereocenters. The van der Waals surface area contributed by atoms with E-state index in [9.17, 15) is 8.42 Å². The first-order valence-corrected chi connectivity index (χ1v) is 8.73. The Bertz CT molecular complexity index is 595. The molecule has 1 heterocycles. The Labute approximate surface area is 126 Å². The summed E-state index contributed by atoms with van der Waals surface area (Å²) in [6, 6.07) is 3.31. The van der Waals surface area contributed by atoms with Crippen molar-refractivity contribution in [1.82, 2.24) is 10.2 Å².